The number of aromatic nitrogens is 8. The Morgan fingerprint density at radius 3 is 2.07 bits per heavy atom. The van der Waals surface area contributed by atoms with E-state index in [0.29, 0.717) is 16.7 Å². The zero-order valence-electron chi connectivity index (χ0n) is 23.9. The number of hydrogen-bond donors (Lipinski definition) is 3. The molecule has 0 saturated carbocycles. The molecule has 0 saturated heterocycles. The van der Waals surface area contributed by atoms with Gasteiger partial charge in [-0.05, 0) is 16.7 Å². The van der Waals surface area contributed by atoms with Crippen LogP contribution in [0.2, 0.25) is 0 Å². The molecule has 0 aliphatic carbocycles. The number of ether oxygens (including phenoxy) is 2. The number of aromatic amines is 2. The maximum atomic E-state index is 14.3. The van der Waals surface area contributed by atoms with Crippen LogP contribution in [0.4, 0.5) is 27.2 Å². The van der Waals surface area contributed by atoms with Gasteiger partial charge in [0.2, 0.25) is 5.95 Å². The Labute approximate surface area is 260 Å². The molecule has 0 spiro atoms. The molecule has 0 aliphatic heterocycles. The zero-order chi connectivity index (χ0) is 31.3. The van der Waals surface area contributed by atoms with Crippen molar-refractivity contribution in [2.75, 3.05) is 10.2 Å². The summed E-state index contributed by atoms with van der Waals surface area (Å²) in [6, 6.07) is 27.9. The number of hydrogen-bond acceptors (Lipinski definition) is 10. The molecule has 0 atom stereocenters. The number of benzene rings is 3. The fourth-order valence-corrected chi connectivity index (χ4v) is 4.79. The minimum Gasteiger partial charge on any atom is -0.444 e. The summed E-state index contributed by atoms with van der Waals surface area (Å²) in [7, 11) is 0. The van der Waals surface area contributed by atoms with Gasteiger partial charge in [0.25, 0.3) is 0 Å². The first-order valence-corrected chi connectivity index (χ1v) is 14.1. The van der Waals surface area contributed by atoms with Crippen LogP contribution >= 0.6 is 0 Å². The number of anilines is 3. The standard InChI is InChI=1S/C32H24N10O4/c43-31(45-16-20-10-4-1-5-11-20)41-28-23-27(37-17-33-23)39-30(40-28)42(29-24-26(35-18-34-24)36-19-38-29)32(44)46-25(21-12-6-2-7-13-21)22-14-8-3-9-15-22/h1-15,17-19,25H,16H2,(H,34,35,36,38)(H2,33,37,39,40,41,43). The summed E-state index contributed by atoms with van der Waals surface area (Å²) in [5.74, 6) is -0.0942. The van der Waals surface area contributed by atoms with Crippen LogP contribution in [0, 0.1) is 0 Å². The van der Waals surface area contributed by atoms with Crippen molar-refractivity contribution in [1.29, 1.82) is 0 Å². The van der Waals surface area contributed by atoms with Gasteiger partial charge in [-0.3, -0.25) is 5.32 Å². The Kier molecular flexibility index (Phi) is 7.63. The Morgan fingerprint density at radius 1 is 0.739 bits per heavy atom. The largest absolute Gasteiger partial charge is 0.444 e. The highest BCUT2D eigenvalue weighted by molar-refractivity contribution is 6.02. The maximum absolute atomic E-state index is 14.3. The molecule has 4 heterocycles. The molecule has 0 radical (unpaired) electrons. The predicted octanol–water partition coefficient (Wildman–Crippen LogP) is 5.83. The number of carbonyl (C=O) groups is 2. The van der Waals surface area contributed by atoms with Crippen LogP contribution in [0.1, 0.15) is 22.8 Å². The molecule has 0 bridgehead atoms. The van der Waals surface area contributed by atoms with Crippen molar-refractivity contribution in [1.82, 2.24) is 39.9 Å². The summed E-state index contributed by atoms with van der Waals surface area (Å²) in [5, 5.41) is 2.64. The first-order valence-electron chi connectivity index (χ1n) is 14.1. The van der Waals surface area contributed by atoms with Crippen molar-refractivity contribution in [3.8, 4) is 0 Å². The number of carbonyl (C=O) groups excluding carboxylic acids is 2. The number of fused-ring (bicyclic) bond motifs is 2. The molecule has 7 aromatic rings. The first kappa shape index (κ1) is 28.1. The van der Waals surface area contributed by atoms with E-state index in [-0.39, 0.29) is 29.8 Å². The summed E-state index contributed by atoms with van der Waals surface area (Å²) in [5.41, 5.74) is 3.40. The van der Waals surface area contributed by atoms with Crippen molar-refractivity contribution in [3.63, 3.8) is 0 Å². The normalized spacial score (nSPS) is 11.1. The lowest BCUT2D eigenvalue weighted by atomic mass is 10.0. The van der Waals surface area contributed by atoms with Gasteiger partial charge in [0.05, 0.1) is 12.7 Å². The number of nitrogens with one attached hydrogen (secondary N) is 3. The van der Waals surface area contributed by atoms with Gasteiger partial charge >= 0.3 is 12.2 Å². The van der Waals surface area contributed by atoms with E-state index in [1.54, 1.807) is 0 Å². The Morgan fingerprint density at radius 2 is 1.37 bits per heavy atom. The van der Waals surface area contributed by atoms with E-state index < -0.39 is 18.3 Å². The summed E-state index contributed by atoms with van der Waals surface area (Å²) in [6.45, 7) is 0.0360. The summed E-state index contributed by atoms with van der Waals surface area (Å²) in [4.78, 5) is 60.2. The lowest BCUT2D eigenvalue weighted by Gasteiger charge is -2.24. The van der Waals surface area contributed by atoms with Crippen LogP contribution in [0.15, 0.2) is 110 Å². The van der Waals surface area contributed by atoms with Gasteiger partial charge in [-0.25, -0.2) is 29.5 Å². The third kappa shape index (κ3) is 5.77. The minimum atomic E-state index is -0.861. The smallest absolute Gasteiger partial charge is 0.423 e. The molecule has 0 fully saturated rings. The second-order valence-corrected chi connectivity index (χ2v) is 9.88. The van der Waals surface area contributed by atoms with E-state index in [1.165, 1.54) is 19.0 Å². The number of nitrogens with zero attached hydrogens (tertiary/aromatic N) is 7. The highest BCUT2D eigenvalue weighted by atomic mass is 16.6. The number of amides is 2. The number of H-pyrrole nitrogens is 2. The topological polar surface area (TPSA) is 177 Å². The van der Waals surface area contributed by atoms with E-state index in [1.807, 2.05) is 91.0 Å². The van der Waals surface area contributed by atoms with Crippen LogP contribution in [0.25, 0.3) is 22.3 Å². The van der Waals surface area contributed by atoms with Crippen LogP contribution < -0.4 is 10.2 Å². The van der Waals surface area contributed by atoms with Crippen LogP contribution in [0.5, 0.6) is 0 Å². The fraction of sp³-hybridized carbons (Fsp3) is 0.0625. The average Bonchev–Trinajstić information content (AvgIpc) is 3.78. The second kappa shape index (κ2) is 12.5. The van der Waals surface area contributed by atoms with Crippen LogP contribution in [-0.2, 0) is 16.1 Å². The predicted molar refractivity (Wildman–Crippen MR) is 167 cm³/mol. The van der Waals surface area contributed by atoms with E-state index >= 15 is 0 Å². The number of rotatable bonds is 8. The van der Waals surface area contributed by atoms with Crippen molar-refractivity contribution in [2.24, 2.45) is 0 Å². The fourth-order valence-electron chi connectivity index (χ4n) is 4.79. The molecular formula is C32H24N10O4. The Balaban J connectivity index is 1.28. The molecule has 0 unspecified atom stereocenters. The molecule has 2 amide bonds. The number of imidazole rings is 2. The van der Waals surface area contributed by atoms with Crippen molar-refractivity contribution >= 4 is 52.1 Å². The molecule has 0 aliphatic rings. The Hall–Kier alpha value is -6.70. The molecule has 14 heteroatoms. The molecule has 3 aromatic carbocycles. The summed E-state index contributed by atoms with van der Waals surface area (Å²) < 4.78 is 11.6. The van der Waals surface area contributed by atoms with Gasteiger partial charge in [-0.2, -0.15) is 14.9 Å². The molecule has 14 nitrogen and oxygen atoms in total. The van der Waals surface area contributed by atoms with Gasteiger partial charge < -0.3 is 19.4 Å². The summed E-state index contributed by atoms with van der Waals surface area (Å²) in [6.07, 6.45) is 1.65. The summed E-state index contributed by atoms with van der Waals surface area (Å²) >= 11 is 0. The molecule has 7 rings (SSSR count). The highest BCUT2D eigenvalue weighted by Crippen LogP contribution is 2.33. The second-order valence-electron chi connectivity index (χ2n) is 9.88. The monoisotopic (exact) mass is 612 g/mol. The molecule has 46 heavy (non-hydrogen) atoms. The zero-order valence-corrected chi connectivity index (χ0v) is 23.9. The maximum Gasteiger partial charge on any atom is 0.423 e. The SMILES string of the molecule is O=C(Nc1nc(N(C(=O)OC(c2ccccc2)c2ccccc2)c2ncnc3nc[nH]c23)nc2nc[nH]c12)OCc1ccccc1. The van der Waals surface area contributed by atoms with Gasteiger partial charge in [-0.1, -0.05) is 91.0 Å². The quantitative estimate of drug-likeness (QED) is 0.189. The molecule has 4 aromatic heterocycles. The van der Waals surface area contributed by atoms with Gasteiger partial charge in [0, 0.05) is 0 Å². The van der Waals surface area contributed by atoms with Crippen LogP contribution in [0.3, 0.4) is 0 Å². The van der Waals surface area contributed by atoms with Crippen LogP contribution in [-0.4, -0.2) is 52.1 Å². The Bertz CT molecular complexity index is 2080. The van der Waals surface area contributed by atoms with E-state index in [0.717, 1.165) is 21.6 Å². The van der Waals surface area contributed by atoms with E-state index in [4.69, 9.17) is 9.47 Å². The lowest BCUT2D eigenvalue weighted by molar-refractivity contribution is 0.126. The van der Waals surface area contributed by atoms with Crippen molar-refractivity contribution < 1.29 is 19.1 Å². The third-order valence-electron chi connectivity index (χ3n) is 6.93. The van der Waals surface area contributed by atoms with Crippen molar-refractivity contribution in [3.05, 3.63) is 127 Å². The van der Waals surface area contributed by atoms with Gasteiger partial charge in [0.15, 0.2) is 29.0 Å². The van der Waals surface area contributed by atoms with E-state index in [2.05, 4.69) is 45.2 Å². The molecule has 226 valence electrons. The minimum absolute atomic E-state index is 0.0194. The molecule has 3 N–H and O–H groups in total. The van der Waals surface area contributed by atoms with Gasteiger partial charge in [0.1, 0.15) is 24.0 Å². The lowest BCUT2D eigenvalue weighted by Crippen LogP contribution is -2.31. The average molecular weight is 613 g/mol. The highest BCUT2D eigenvalue weighted by Gasteiger charge is 2.31. The molecular weight excluding hydrogens is 588 g/mol. The first-order chi connectivity index (χ1) is 22.6. The van der Waals surface area contributed by atoms with Crippen molar-refractivity contribution in [2.45, 2.75) is 12.7 Å². The third-order valence-corrected chi connectivity index (χ3v) is 6.93. The van der Waals surface area contributed by atoms with Gasteiger partial charge in [-0.15, -0.1) is 0 Å². The van der Waals surface area contributed by atoms with E-state index in [9.17, 15) is 9.59 Å².